The minimum atomic E-state index is -2.12. The van der Waals surface area contributed by atoms with Crippen LogP contribution in [-0.4, -0.2) is 246 Å². The van der Waals surface area contributed by atoms with Gasteiger partial charge in [-0.3, -0.25) is 38.4 Å². The fourth-order valence-corrected chi connectivity index (χ4v) is 21.4. The maximum Gasteiger partial charge on any atom is 0.247 e. The summed E-state index contributed by atoms with van der Waals surface area (Å²) in [6.07, 6.45) is -11.5. The lowest BCUT2D eigenvalue weighted by Crippen LogP contribution is -2.68. The molecule has 6 heterocycles. The van der Waals surface area contributed by atoms with Crippen LogP contribution in [0.2, 0.25) is 0 Å². The molecule has 2 saturated heterocycles. The first kappa shape index (κ1) is 82.9. The number of alkyl halides is 2. The number of primary amides is 1. The van der Waals surface area contributed by atoms with E-state index in [9.17, 15) is 55.5 Å². The van der Waals surface area contributed by atoms with Crippen LogP contribution in [0.1, 0.15) is 167 Å². The molecule has 20 N–H and O–H groups in total. The molecule has 4 unspecified atom stereocenters. The number of nitrogens with one attached hydrogen (secondary N) is 9. The summed E-state index contributed by atoms with van der Waals surface area (Å²) >= 11 is 14.8. The van der Waals surface area contributed by atoms with Crippen LogP contribution in [0.5, 0.6) is 17.2 Å². The Morgan fingerprint density at radius 3 is 1.85 bits per heavy atom. The molecule has 33 heteroatoms. The number of amides is 8. The van der Waals surface area contributed by atoms with Crippen molar-refractivity contribution >= 4 is 70.5 Å². The van der Waals surface area contributed by atoms with E-state index in [-0.39, 0.29) is 118 Å². The van der Waals surface area contributed by atoms with Gasteiger partial charge in [-0.2, -0.15) is 0 Å². The minimum absolute atomic E-state index is 0.00421. The summed E-state index contributed by atoms with van der Waals surface area (Å²) in [5.41, 5.74) is 5.61. The van der Waals surface area contributed by atoms with Crippen molar-refractivity contribution in [3.8, 4) is 17.2 Å². The van der Waals surface area contributed by atoms with Gasteiger partial charge in [0.2, 0.25) is 59.3 Å². The Balaban J connectivity index is 0.996. The van der Waals surface area contributed by atoms with E-state index >= 15 is 28.8 Å². The highest BCUT2D eigenvalue weighted by molar-refractivity contribution is 6.21. The molecule has 6 aliphatic heterocycles. The second kappa shape index (κ2) is 35.9. The zero-order valence-electron chi connectivity index (χ0n) is 62.5. The SMILES string of the molecule is CCCCCCNCC1[C@H](O)C2C3C[C@H](CC[C@H]3O)[C@H]3NC(=O)[C@@H]4NC(=O)[C@H](CC(N)=O)NC(=O)[C@H](NC(=O)[C@@H](CC(C)C)NC)[C@H](O)[C@H]5CC[C@@H](Oc6cc4cc(c6O[C@@H]4O[C@H](CO)[C@@H](O)[C@H](O)[C@H]4O)O[C@@H]4CC[C@@H](C[C@@H]4Cl)[C@@H](O)[C@H](NC3=O)C(=O)N[C@H](C(=O)NC3C4CC6CC(C4)CC3C6)C2C[C@@H]1O)[C@H](Cl)C5. The monoisotopic (exact) mass is 1570 g/mol. The van der Waals surface area contributed by atoms with E-state index in [1.165, 1.54) is 12.1 Å². The van der Waals surface area contributed by atoms with E-state index in [2.05, 4.69) is 54.8 Å². The molecule has 15 rings (SSSR count). The van der Waals surface area contributed by atoms with Crippen LogP contribution < -0.4 is 67.8 Å². The fourth-order valence-electron chi connectivity index (χ4n) is 20.6. The standard InChI is InChI=1S/C76H116Cl2N10O21/c1-5-6-7-8-15-81-29-42-48(91)27-41-55(64(42)95)40-22-34(9-12-47(40)90)57-71(101)88-61(75(105)86-59(41)73(103)83-56-37-18-32-17-33(20-37)21-38(56)19-32)63(94)36-11-14-50(44(78)24-36)107-52-26-39-25-51(68(52)109-76-67(98)66(97)65(96)53(30-89)108-76)106-49-13-10-35(23-43(49)77)62(93)60(87-69(99)45(80-4)16-31(2)3)74(104)82-46(28-54(79)92)70(100)84-58(39)72(102)85-57/h25-26,31-38,40-50,53,55-67,76,80-81,89-91,93-98H,5-24,27-30H2,1-4H3,(H2,79,92)(H,82,104)(H,83,103)(H,84,100)(H,85,102)(H,86,105)(H,87,99)(H,88,101)/t32?,33?,34-,35-,36-,37?,38?,40?,41?,42?,43+,44-,45+,46-,47+,48-,49+,50+,53+,55?,56?,57+,58+,59-,60+,61-,62+,63+,64-,65+,66-,67+,76-/m0/s1. The lowest BCUT2D eigenvalue weighted by molar-refractivity contribution is -0.278. The Morgan fingerprint density at radius 1 is 0.624 bits per heavy atom. The summed E-state index contributed by atoms with van der Waals surface area (Å²) in [6.45, 7) is 5.68. The summed E-state index contributed by atoms with van der Waals surface area (Å²) in [7, 11) is 1.54. The molecule has 0 spiro atoms. The van der Waals surface area contributed by atoms with Crippen molar-refractivity contribution in [3.05, 3.63) is 17.7 Å². The maximum atomic E-state index is 16.4. The third-order valence-corrected chi connectivity index (χ3v) is 27.1. The van der Waals surface area contributed by atoms with E-state index < -0.39 is 234 Å². The summed E-state index contributed by atoms with van der Waals surface area (Å²) in [4.78, 5) is 122. The number of halogens is 2. The van der Waals surface area contributed by atoms with Gasteiger partial charge in [0, 0.05) is 18.5 Å². The van der Waals surface area contributed by atoms with Crippen molar-refractivity contribution in [1.29, 1.82) is 0 Å². The topological polar surface area (TPSA) is 490 Å². The molecular formula is C76H116Cl2N10O21. The smallest absolute Gasteiger partial charge is 0.247 e. The Hall–Kier alpha value is -5.52. The highest BCUT2D eigenvalue weighted by atomic mass is 35.5. The van der Waals surface area contributed by atoms with Crippen LogP contribution >= 0.6 is 23.2 Å². The zero-order valence-corrected chi connectivity index (χ0v) is 64.0. The van der Waals surface area contributed by atoms with Gasteiger partial charge >= 0.3 is 0 Å². The van der Waals surface area contributed by atoms with Crippen molar-refractivity contribution in [2.24, 2.45) is 76.7 Å². The average Bonchev–Trinajstić information content (AvgIpc) is 0.755. The van der Waals surface area contributed by atoms with Crippen LogP contribution in [0.25, 0.3) is 0 Å². The first-order valence-corrected chi connectivity index (χ1v) is 40.9. The molecule has 1 aromatic rings. The molecule has 31 nitrogen and oxygen atoms in total. The molecule has 8 saturated carbocycles. The molecule has 0 aromatic heterocycles. The molecule has 28 atom stereocenters. The van der Waals surface area contributed by atoms with Crippen molar-refractivity contribution < 1.29 is 103 Å². The second-order valence-corrected chi connectivity index (χ2v) is 35.1. The van der Waals surface area contributed by atoms with E-state index in [0.29, 0.717) is 18.4 Å². The van der Waals surface area contributed by atoms with Crippen molar-refractivity contribution in [1.82, 2.24) is 47.9 Å². The van der Waals surface area contributed by atoms with Gasteiger partial charge in [0.1, 0.15) is 72.9 Å². The lowest BCUT2D eigenvalue weighted by atomic mass is 9.54. The van der Waals surface area contributed by atoms with E-state index in [1.54, 1.807) is 7.05 Å². The van der Waals surface area contributed by atoms with Gasteiger partial charge in [-0.25, -0.2) is 0 Å². The number of rotatable bonds is 19. The number of likely N-dealkylation sites (N-methyl/N-ethyl adjacent to an activating group) is 1. The first-order chi connectivity index (χ1) is 52.0. The lowest BCUT2D eigenvalue weighted by Gasteiger charge is -2.55. The molecular weight excluding hydrogens is 1460 g/mol. The molecule has 8 aliphatic carbocycles. The average molecular weight is 1580 g/mol. The number of carbonyl (C=O) groups is 8. The van der Waals surface area contributed by atoms with Crippen LogP contribution in [0.4, 0.5) is 0 Å². The highest BCUT2D eigenvalue weighted by Gasteiger charge is 2.58. The number of ether oxygens (including phenoxy) is 4. The molecule has 8 amide bonds. The van der Waals surface area contributed by atoms with Gasteiger partial charge < -0.3 is 118 Å². The van der Waals surface area contributed by atoms with Crippen molar-refractivity contribution in [3.63, 3.8) is 0 Å². The number of benzene rings is 1. The minimum Gasteiger partial charge on any atom is -0.485 e. The summed E-state index contributed by atoms with van der Waals surface area (Å²) < 4.78 is 26.2. The second-order valence-electron chi connectivity index (χ2n) is 34.0. The number of carbonyl (C=O) groups excluding carboxylic acids is 8. The van der Waals surface area contributed by atoms with Crippen LogP contribution in [0.15, 0.2) is 12.1 Å². The highest BCUT2D eigenvalue weighted by Crippen LogP contribution is 2.55. The van der Waals surface area contributed by atoms with Gasteiger partial charge in [-0.1, -0.05) is 40.0 Å². The van der Waals surface area contributed by atoms with E-state index in [4.69, 9.17) is 47.9 Å². The van der Waals surface area contributed by atoms with Crippen LogP contribution in [0, 0.1) is 71.0 Å². The number of unbranched alkanes of at least 4 members (excludes halogenated alkanes) is 3. The molecule has 0 radical (unpaired) electrons. The van der Waals surface area contributed by atoms with Gasteiger partial charge in [-0.05, 0) is 206 Å². The Morgan fingerprint density at radius 2 is 1.25 bits per heavy atom. The Labute approximate surface area is 645 Å². The molecule has 14 aliphatic rings. The Kier molecular flexibility index (Phi) is 27.3. The van der Waals surface area contributed by atoms with Gasteiger partial charge in [0.25, 0.3) is 0 Å². The molecule has 15 bridgehead atoms. The number of fused-ring (bicyclic) bond motifs is 15. The summed E-state index contributed by atoms with van der Waals surface area (Å²) in [6, 6.07) is -9.83. The maximum absolute atomic E-state index is 16.4. The zero-order chi connectivity index (χ0) is 78.1. The molecule has 610 valence electrons. The first-order valence-electron chi connectivity index (χ1n) is 40.0. The number of hydrogen-bond donors (Lipinski definition) is 19. The number of hydrogen-bond acceptors (Lipinski definition) is 23. The van der Waals surface area contributed by atoms with Crippen LogP contribution in [-0.2, 0) is 43.1 Å². The predicted molar refractivity (Wildman–Crippen MR) is 392 cm³/mol. The molecule has 10 fully saturated rings. The Bertz CT molecular complexity index is 3370. The molecule has 1 aromatic carbocycles. The largest absolute Gasteiger partial charge is 0.485 e. The third-order valence-electron chi connectivity index (χ3n) is 26.2. The normalized spacial score (nSPS) is 42.0. The fraction of sp³-hybridized carbons (Fsp3) is 0.816. The van der Waals surface area contributed by atoms with Crippen LogP contribution in [0.3, 0.4) is 0 Å². The summed E-state index contributed by atoms with van der Waals surface area (Å²) in [5, 5.41) is 132. The van der Waals surface area contributed by atoms with Crippen molar-refractivity contribution in [2.45, 2.75) is 288 Å². The van der Waals surface area contributed by atoms with Crippen molar-refractivity contribution in [2.75, 3.05) is 26.7 Å². The predicted octanol–water partition coefficient (Wildman–Crippen LogP) is -1.11. The van der Waals surface area contributed by atoms with Gasteiger partial charge in [0.05, 0.1) is 60.3 Å². The number of nitrogens with two attached hydrogens (primary N) is 1. The number of aliphatic hydroxyl groups excluding tert-OH is 9. The van der Waals surface area contributed by atoms with Gasteiger partial charge in [-0.15, -0.1) is 23.2 Å². The third kappa shape index (κ3) is 18.3. The molecule has 109 heavy (non-hydrogen) atoms. The summed E-state index contributed by atoms with van der Waals surface area (Å²) in [5.74, 6) is -14.7. The van der Waals surface area contributed by atoms with E-state index in [1.807, 2.05) is 13.8 Å². The quantitative estimate of drug-likeness (QED) is 0.0577. The number of aliphatic hydroxyl groups is 9. The van der Waals surface area contributed by atoms with Gasteiger partial charge in [0.15, 0.2) is 11.5 Å². The van der Waals surface area contributed by atoms with E-state index in [0.717, 1.165) is 57.8 Å².